The lowest BCUT2D eigenvalue weighted by Gasteiger charge is -2.32. The Labute approximate surface area is 274 Å². The van der Waals surface area contributed by atoms with Crippen LogP contribution in [0.2, 0.25) is 0 Å². The zero-order valence-electron chi connectivity index (χ0n) is 27.2. The molecule has 8 heteroatoms. The second kappa shape index (κ2) is 24.7. The maximum Gasteiger partial charge on any atom is 0.337 e. The summed E-state index contributed by atoms with van der Waals surface area (Å²) in [6, 6.07) is 6.61. The van der Waals surface area contributed by atoms with Crippen molar-refractivity contribution < 1.29 is 19.5 Å². The number of carboxylic acid groups (broad SMARTS) is 1. The number of allylic oxidation sites excluding steroid dienone is 10. The van der Waals surface area contributed by atoms with Gasteiger partial charge in [0, 0.05) is 50.8 Å². The van der Waals surface area contributed by atoms with Crippen LogP contribution in [0.15, 0.2) is 110 Å². The van der Waals surface area contributed by atoms with Gasteiger partial charge in [0.05, 0.1) is 11.1 Å². The van der Waals surface area contributed by atoms with E-state index >= 15 is 0 Å². The van der Waals surface area contributed by atoms with Crippen LogP contribution in [0.1, 0.15) is 91.8 Å². The average Bonchev–Trinajstić information content (AvgIpc) is 3.09. The topological polar surface area (TPSA) is 112 Å². The highest BCUT2D eigenvalue weighted by Crippen LogP contribution is 2.18. The standard InChI is InChI=1S/C32H45N3O2.C6H5NO2/c1-2-3-4-5-6-7-8-9-10-11-12-13-14-15-16-17-18-21-31(36)35-25-22-29(23-26-35)27-34-32(37)30-20-19-24-33-28-30;8-6(9)5-2-1-3-7-4-5/h3-4,6-7,9-10,12-13,15-16,19-20,24,28-29H,2,5,8,11,14,17-18,21-23,25-27H2,1H3,(H,34,37);1-4H,(H,8,9)/b4-3-,7-6-,10-9-,13-12-,16-15-;. The summed E-state index contributed by atoms with van der Waals surface area (Å²) in [5.74, 6) is -0.346. The average molecular weight is 627 g/mol. The molecular weight excluding hydrogens is 576 g/mol. The molecule has 8 nitrogen and oxygen atoms in total. The summed E-state index contributed by atoms with van der Waals surface area (Å²) in [6.07, 6.45) is 37.4. The molecule has 1 aliphatic heterocycles. The number of carboxylic acids is 1. The molecule has 0 spiro atoms. The van der Waals surface area contributed by atoms with E-state index < -0.39 is 5.97 Å². The van der Waals surface area contributed by atoms with E-state index in [1.54, 1.807) is 30.6 Å². The number of hydrogen-bond acceptors (Lipinski definition) is 5. The van der Waals surface area contributed by atoms with Gasteiger partial charge in [-0.05, 0) is 88.0 Å². The van der Waals surface area contributed by atoms with Crippen LogP contribution in [0.25, 0.3) is 0 Å². The maximum absolute atomic E-state index is 12.5. The Balaban J connectivity index is 0.000000700. The van der Waals surface area contributed by atoms with Gasteiger partial charge >= 0.3 is 5.97 Å². The Kier molecular flexibility index (Phi) is 20.2. The van der Waals surface area contributed by atoms with Crippen molar-refractivity contribution in [2.24, 2.45) is 5.92 Å². The van der Waals surface area contributed by atoms with Crippen molar-refractivity contribution in [3.05, 3.63) is 121 Å². The molecule has 0 unspecified atom stereocenters. The van der Waals surface area contributed by atoms with Crippen molar-refractivity contribution in [1.82, 2.24) is 20.2 Å². The minimum Gasteiger partial charge on any atom is -0.478 e. The molecule has 46 heavy (non-hydrogen) atoms. The molecule has 3 heterocycles. The quantitative estimate of drug-likeness (QED) is 0.137. The van der Waals surface area contributed by atoms with Crippen LogP contribution in [0.4, 0.5) is 0 Å². The van der Waals surface area contributed by atoms with Gasteiger partial charge in [0.1, 0.15) is 0 Å². The van der Waals surface area contributed by atoms with Gasteiger partial charge in [0.2, 0.25) is 5.91 Å². The summed E-state index contributed by atoms with van der Waals surface area (Å²) in [4.78, 5) is 44.4. The summed E-state index contributed by atoms with van der Waals surface area (Å²) in [5.41, 5.74) is 0.806. The fourth-order valence-electron chi connectivity index (χ4n) is 4.61. The van der Waals surface area contributed by atoms with E-state index in [0.29, 0.717) is 24.4 Å². The molecule has 246 valence electrons. The lowest BCUT2D eigenvalue weighted by molar-refractivity contribution is -0.132. The fourth-order valence-corrected chi connectivity index (χ4v) is 4.61. The Morgan fingerprint density at radius 3 is 1.80 bits per heavy atom. The Morgan fingerprint density at radius 1 is 0.804 bits per heavy atom. The number of rotatable bonds is 17. The maximum atomic E-state index is 12.5. The molecule has 0 saturated carbocycles. The van der Waals surface area contributed by atoms with Crippen molar-refractivity contribution in [2.75, 3.05) is 19.6 Å². The smallest absolute Gasteiger partial charge is 0.337 e. The first-order chi connectivity index (χ1) is 22.5. The van der Waals surface area contributed by atoms with E-state index in [1.807, 2.05) is 4.90 Å². The number of pyridine rings is 2. The molecule has 2 aromatic rings. The lowest BCUT2D eigenvalue weighted by Crippen LogP contribution is -2.41. The number of amides is 2. The van der Waals surface area contributed by atoms with E-state index in [0.717, 1.165) is 70.9 Å². The second-order valence-electron chi connectivity index (χ2n) is 10.9. The van der Waals surface area contributed by atoms with Gasteiger partial charge in [-0.2, -0.15) is 0 Å². The Bertz CT molecular complexity index is 1280. The van der Waals surface area contributed by atoms with E-state index in [-0.39, 0.29) is 17.4 Å². The normalized spacial score (nSPS) is 14.0. The third-order valence-electron chi connectivity index (χ3n) is 7.27. The van der Waals surface area contributed by atoms with Crippen molar-refractivity contribution in [3.8, 4) is 0 Å². The number of carbonyl (C=O) groups is 3. The predicted molar refractivity (Wildman–Crippen MR) is 185 cm³/mol. The molecule has 2 amide bonds. The van der Waals surface area contributed by atoms with Gasteiger partial charge in [-0.1, -0.05) is 67.7 Å². The molecule has 0 atom stereocenters. The molecule has 1 saturated heterocycles. The van der Waals surface area contributed by atoms with Crippen LogP contribution in [0, 0.1) is 5.92 Å². The molecule has 0 aromatic carbocycles. The molecule has 0 bridgehead atoms. The highest BCUT2D eigenvalue weighted by Gasteiger charge is 2.22. The van der Waals surface area contributed by atoms with Crippen LogP contribution < -0.4 is 5.32 Å². The summed E-state index contributed by atoms with van der Waals surface area (Å²) >= 11 is 0. The number of carbonyl (C=O) groups excluding carboxylic acids is 2. The first-order valence-corrected chi connectivity index (χ1v) is 16.4. The first-order valence-electron chi connectivity index (χ1n) is 16.4. The first kappa shape index (κ1) is 37.6. The predicted octanol–water partition coefficient (Wildman–Crippen LogP) is 7.75. The Morgan fingerprint density at radius 2 is 1.33 bits per heavy atom. The number of unbranched alkanes of at least 4 members (excludes halogenated alkanes) is 1. The van der Waals surface area contributed by atoms with E-state index in [4.69, 9.17) is 5.11 Å². The number of aromatic carboxylic acids is 1. The van der Waals surface area contributed by atoms with Crippen LogP contribution in [-0.2, 0) is 4.79 Å². The van der Waals surface area contributed by atoms with Gasteiger partial charge in [-0.25, -0.2) is 4.79 Å². The monoisotopic (exact) mass is 626 g/mol. The van der Waals surface area contributed by atoms with Gasteiger partial charge < -0.3 is 15.3 Å². The molecule has 0 aliphatic carbocycles. The fraction of sp³-hybridized carbons (Fsp3) is 0.395. The molecule has 0 radical (unpaired) electrons. The van der Waals surface area contributed by atoms with E-state index in [9.17, 15) is 14.4 Å². The molecular formula is C38H50N4O4. The van der Waals surface area contributed by atoms with Crippen LogP contribution in [-0.4, -0.2) is 57.4 Å². The van der Waals surface area contributed by atoms with Crippen molar-refractivity contribution in [1.29, 1.82) is 0 Å². The zero-order valence-corrected chi connectivity index (χ0v) is 27.2. The van der Waals surface area contributed by atoms with Gasteiger partial charge in [0.15, 0.2) is 0 Å². The number of likely N-dealkylation sites (tertiary alicyclic amines) is 1. The summed E-state index contributed by atoms with van der Waals surface area (Å²) < 4.78 is 0. The number of piperidine rings is 1. The highest BCUT2D eigenvalue weighted by molar-refractivity contribution is 5.93. The number of aromatic nitrogens is 2. The minimum absolute atomic E-state index is 0.0818. The summed E-state index contributed by atoms with van der Waals surface area (Å²) in [6.45, 7) is 4.38. The summed E-state index contributed by atoms with van der Waals surface area (Å²) in [5, 5.41) is 11.3. The largest absolute Gasteiger partial charge is 0.478 e. The zero-order chi connectivity index (χ0) is 33.1. The SMILES string of the molecule is CC/C=C\C/C=C\C/C=C\C/C=C\C/C=C\CCCC(=O)N1CCC(CNC(=O)c2cccnc2)CC1.O=C(O)c1cccnc1. The third kappa shape index (κ3) is 17.6. The molecule has 2 N–H and O–H groups in total. The van der Waals surface area contributed by atoms with Crippen LogP contribution in [0.5, 0.6) is 0 Å². The number of nitrogens with zero attached hydrogens (tertiary/aromatic N) is 3. The Hall–Kier alpha value is -4.59. The van der Waals surface area contributed by atoms with Crippen molar-refractivity contribution in [3.63, 3.8) is 0 Å². The van der Waals surface area contributed by atoms with E-state index in [2.05, 4.69) is 83.0 Å². The molecule has 1 aliphatic rings. The summed E-state index contributed by atoms with van der Waals surface area (Å²) in [7, 11) is 0. The molecule has 2 aromatic heterocycles. The van der Waals surface area contributed by atoms with Gasteiger partial charge in [-0.15, -0.1) is 0 Å². The van der Waals surface area contributed by atoms with E-state index in [1.165, 1.54) is 18.5 Å². The van der Waals surface area contributed by atoms with Crippen molar-refractivity contribution >= 4 is 17.8 Å². The number of nitrogens with one attached hydrogen (secondary N) is 1. The number of hydrogen-bond donors (Lipinski definition) is 2. The van der Waals surface area contributed by atoms with Crippen LogP contribution in [0.3, 0.4) is 0 Å². The van der Waals surface area contributed by atoms with Crippen molar-refractivity contribution in [2.45, 2.75) is 71.1 Å². The molecule has 1 fully saturated rings. The molecule has 3 rings (SSSR count). The highest BCUT2D eigenvalue weighted by atomic mass is 16.4. The lowest BCUT2D eigenvalue weighted by atomic mass is 9.96. The second-order valence-corrected chi connectivity index (χ2v) is 10.9. The third-order valence-corrected chi connectivity index (χ3v) is 7.27. The minimum atomic E-state index is -0.942. The van der Waals surface area contributed by atoms with Gasteiger partial charge in [-0.3, -0.25) is 19.6 Å². The van der Waals surface area contributed by atoms with Gasteiger partial charge in [0.25, 0.3) is 5.91 Å². The van der Waals surface area contributed by atoms with Crippen LogP contribution >= 0.6 is 0 Å².